The fraction of sp³-hybridized carbons (Fsp3) is 0.357. The Morgan fingerprint density at radius 1 is 1.30 bits per heavy atom. The van der Waals surface area contributed by atoms with Crippen LogP contribution in [0.5, 0.6) is 0 Å². The zero-order chi connectivity index (χ0) is 14.2. The lowest BCUT2D eigenvalue weighted by atomic mass is 10.0. The number of aryl methyl sites for hydroxylation is 1. The fourth-order valence-electron chi connectivity index (χ4n) is 2.69. The van der Waals surface area contributed by atoms with Crippen LogP contribution in [0.3, 0.4) is 0 Å². The van der Waals surface area contributed by atoms with Gasteiger partial charge >= 0.3 is 0 Å². The second kappa shape index (κ2) is 5.03. The maximum Gasteiger partial charge on any atom is 0.243 e. The summed E-state index contributed by atoms with van der Waals surface area (Å²) in [6.45, 7) is 3.06. The number of sulfonamides is 1. The van der Waals surface area contributed by atoms with E-state index in [1.54, 1.807) is 34.8 Å². The summed E-state index contributed by atoms with van der Waals surface area (Å²) in [5.74, 6) is 0.205. The van der Waals surface area contributed by atoms with Gasteiger partial charge in [-0.25, -0.2) is 8.42 Å². The molecule has 0 aliphatic carbocycles. The van der Waals surface area contributed by atoms with Gasteiger partial charge in [-0.15, -0.1) is 0 Å². The minimum absolute atomic E-state index is 0.205. The monoisotopic (exact) mass is 291 g/mol. The zero-order valence-corrected chi connectivity index (χ0v) is 12.1. The number of nitrogens with zero attached hydrogens (tertiary/aromatic N) is 2. The number of H-pyrrole nitrogens is 1. The molecule has 1 aliphatic heterocycles. The largest absolute Gasteiger partial charge is 0.282 e. The SMILES string of the molecule is Cc1cn[nH]c1[C@H]1CCN(S(=O)(=O)c2ccccc2)C1. The molecular weight excluding hydrogens is 274 g/mol. The molecule has 1 N–H and O–H groups in total. The summed E-state index contributed by atoms with van der Waals surface area (Å²) in [6.07, 6.45) is 2.61. The Labute approximate surface area is 118 Å². The second-order valence-corrected chi connectivity index (χ2v) is 7.07. The summed E-state index contributed by atoms with van der Waals surface area (Å²) in [5.41, 5.74) is 2.14. The van der Waals surface area contributed by atoms with Gasteiger partial charge in [0.15, 0.2) is 0 Å². The van der Waals surface area contributed by atoms with E-state index in [0.29, 0.717) is 18.0 Å². The average Bonchev–Trinajstić information content (AvgIpc) is 3.08. The van der Waals surface area contributed by atoms with E-state index in [-0.39, 0.29) is 5.92 Å². The topological polar surface area (TPSA) is 66.1 Å². The van der Waals surface area contributed by atoms with Gasteiger partial charge in [-0.3, -0.25) is 5.10 Å². The number of rotatable bonds is 3. The van der Waals surface area contributed by atoms with Crippen molar-refractivity contribution < 1.29 is 8.42 Å². The molecule has 0 spiro atoms. The highest BCUT2D eigenvalue weighted by molar-refractivity contribution is 7.89. The first-order valence-corrected chi connectivity index (χ1v) is 8.08. The van der Waals surface area contributed by atoms with Gasteiger partial charge in [-0.2, -0.15) is 9.40 Å². The maximum absolute atomic E-state index is 12.5. The standard InChI is InChI=1S/C14H17N3O2S/c1-11-9-15-16-14(11)12-7-8-17(10-12)20(18,19)13-5-3-2-4-6-13/h2-6,9,12H,7-8,10H2,1H3,(H,15,16)/t12-/m0/s1. The molecule has 20 heavy (non-hydrogen) atoms. The van der Waals surface area contributed by atoms with Crippen molar-refractivity contribution in [2.75, 3.05) is 13.1 Å². The minimum Gasteiger partial charge on any atom is -0.282 e. The lowest BCUT2D eigenvalue weighted by Gasteiger charge is -2.16. The molecular formula is C14H17N3O2S. The van der Waals surface area contributed by atoms with Crippen molar-refractivity contribution in [3.63, 3.8) is 0 Å². The summed E-state index contributed by atoms with van der Waals surface area (Å²) in [4.78, 5) is 0.363. The Kier molecular flexibility index (Phi) is 3.35. The summed E-state index contributed by atoms with van der Waals surface area (Å²) >= 11 is 0. The van der Waals surface area contributed by atoms with E-state index in [1.807, 2.05) is 13.0 Å². The summed E-state index contributed by atoms with van der Waals surface area (Å²) in [7, 11) is -3.38. The molecule has 0 bridgehead atoms. The molecule has 6 heteroatoms. The van der Waals surface area contributed by atoms with Crippen molar-refractivity contribution in [3.05, 3.63) is 47.8 Å². The molecule has 2 heterocycles. The smallest absolute Gasteiger partial charge is 0.243 e. The highest BCUT2D eigenvalue weighted by Gasteiger charge is 2.34. The molecule has 2 aromatic rings. The fourth-order valence-corrected chi connectivity index (χ4v) is 4.21. The van der Waals surface area contributed by atoms with Gasteiger partial charge in [0.2, 0.25) is 10.0 Å². The van der Waals surface area contributed by atoms with Crippen LogP contribution in [0.1, 0.15) is 23.6 Å². The number of benzene rings is 1. The van der Waals surface area contributed by atoms with Crippen LogP contribution in [-0.4, -0.2) is 36.0 Å². The van der Waals surface area contributed by atoms with Gasteiger partial charge in [-0.05, 0) is 31.0 Å². The molecule has 1 aliphatic rings. The third-order valence-corrected chi connectivity index (χ3v) is 5.69. The quantitative estimate of drug-likeness (QED) is 0.939. The molecule has 1 fully saturated rings. The normalized spacial score (nSPS) is 20.4. The van der Waals surface area contributed by atoms with Crippen molar-refractivity contribution in [2.45, 2.75) is 24.2 Å². The van der Waals surface area contributed by atoms with Crippen LogP contribution in [0.25, 0.3) is 0 Å². The Balaban J connectivity index is 1.83. The van der Waals surface area contributed by atoms with E-state index in [1.165, 1.54) is 0 Å². The first-order chi connectivity index (χ1) is 9.59. The van der Waals surface area contributed by atoms with Gasteiger partial charge < -0.3 is 0 Å². The van der Waals surface area contributed by atoms with Crippen LogP contribution in [-0.2, 0) is 10.0 Å². The van der Waals surface area contributed by atoms with Crippen LogP contribution < -0.4 is 0 Å². The van der Waals surface area contributed by atoms with E-state index in [4.69, 9.17) is 0 Å². The Hall–Kier alpha value is -1.66. The number of aromatic amines is 1. The minimum atomic E-state index is -3.38. The lowest BCUT2D eigenvalue weighted by Crippen LogP contribution is -2.28. The van der Waals surface area contributed by atoms with E-state index in [2.05, 4.69) is 10.2 Å². The molecule has 1 aromatic carbocycles. The Morgan fingerprint density at radius 2 is 2.05 bits per heavy atom. The van der Waals surface area contributed by atoms with Gasteiger partial charge in [0.25, 0.3) is 0 Å². The predicted molar refractivity (Wildman–Crippen MR) is 75.9 cm³/mol. The first kappa shape index (κ1) is 13.3. The maximum atomic E-state index is 12.5. The lowest BCUT2D eigenvalue weighted by molar-refractivity contribution is 0.472. The van der Waals surface area contributed by atoms with Gasteiger partial charge in [0, 0.05) is 24.7 Å². The van der Waals surface area contributed by atoms with Crippen molar-refractivity contribution in [3.8, 4) is 0 Å². The summed E-state index contributed by atoms with van der Waals surface area (Å²) < 4.78 is 26.6. The third kappa shape index (κ3) is 2.25. The third-order valence-electron chi connectivity index (χ3n) is 3.81. The molecule has 0 unspecified atom stereocenters. The Morgan fingerprint density at radius 3 is 2.70 bits per heavy atom. The molecule has 1 atom stereocenters. The van der Waals surface area contributed by atoms with Gasteiger partial charge in [-0.1, -0.05) is 18.2 Å². The van der Waals surface area contributed by atoms with Crippen LogP contribution in [0.15, 0.2) is 41.4 Å². The molecule has 106 valence electrons. The van der Waals surface area contributed by atoms with Crippen LogP contribution in [0.2, 0.25) is 0 Å². The molecule has 0 amide bonds. The first-order valence-electron chi connectivity index (χ1n) is 6.64. The van der Waals surface area contributed by atoms with E-state index < -0.39 is 10.0 Å². The van der Waals surface area contributed by atoms with E-state index in [9.17, 15) is 8.42 Å². The molecule has 5 nitrogen and oxygen atoms in total. The van der Waals surface area contributed by atoms with Crippen molar-refractivity contribution in [1.29, 1.82) is 0 Å². The second-order valence-electron chi connectivity index (χ2n) is 5.13. The van der Waals surface area contributed by atoms with Gasteiger partial charge in [0.1, 0.15) is 0 Å². The molecule has 0 saturated carbocycles. The van der Waals surface area contributed by atoms with Crippen molar-refractivity contribution in [2.24, 2.45) is 0 Å². The molecule has 1 saturated heterocycles. The van der Waals surface area contributed by atoms with E-state index in [0.717, 1.165) is 17.7 Å². The highest BCUT2D eigenvalue weighted by Crippen LogP contribution is 2.31. The van der Waals surface area contributed by atoms with E-state index >= 15 is 0 Å². The highest BCUT2D eigenvalue weighted by atomic mass is 32.2. The Bertz CT molecular complexity index is 694. The van der Waals surface area contributed by atoms with Crippen LogP contribution in [0.4, 0.5) is 0 Å². The van der Waals surface area contributed by atoms with Crippen molar-refractivity contribution >= 4 is 10.0 Å². The molecule has 3 rings (SSSR count). The number of nitrogens with one attached hydrogen (secondary N) is 1. The van der Waals surface area contributed by atoms with Crippen LogP contribution in [0, 0.1) is 6.92 Å². The predicted octanol–water partition coefficient (Wildman–Crippen LogP) is 1.90. The van der Waals surface area contributed by atoms with Crippen LogP contribution >= 0.6 is 0 Å². The summed E-state index contributed by atoms with van der Waals surface area (Å²) in [6, 6.07) is 8.60. The molecule has 0 radical (unpaired) electrons. The number of hydrogen-bond donors (Lipinski definition) is 1. The molecule has 1 aromatic heterocycles. The zero-order valence-electron chi connectivity index (χ0n) is 11.3. The number of hydrogen-bond acceptors (Lipinski definition) is 3. The average molecular weight is 291 g/mol. The number of aromatic nitrogens is 2. The van der Waals surface area contributed by atoms with Crippen molar-refractivity contribution in [1.82, 2.24) is 14.5 Å². The van der Waals surface area contributed by atoms with Gasteiger partial charge in [0.05, 0.1) is 11.1 Å². The summed E-state index contributed by atoms with van der Waals surface area (Å²) in [5, 5.41) is 7.01.